The van der Waals surface area contributed by atoms with Gasteiger partial charge in [-0.25, -0.2) is 0 Å². The van der Waals surface area contributed by atoms with Crippen LogP contribution in [0.3, 0.4) is 0 Å². The summed E-state index contributed by atoms with van der Waals surface area (Å²) in [6.07, 6.45) is 0. The summed E-state index contributed by atoms with van der Waals surface area (Å²) in [4.78, 5) is 0. The molecule has 0 aliphatic carbocycles. The number of hydrogen-bond donors (Lipinski definition) is 0. The van der Waals surface area contributed by atoms with Gasteiger partial charge in [0.2, 0.25) is 0 Å². The Hall–Kier alpha value is 1.07. The first-order chi connectivity index (χ1) is 2.81. The maximum Gasteiger partial charge on any atom is 1.00 e. The van der Waals surface area contributed by atoms with Crippen LogP contribution in [0.25, 0.3) is 0 Å². The van der Waals surface area contributed by atoms with Crippen LogP contribution in [0.15, 0.2) is 0 Å². The molecule has 0 saturated carbocycles. The molecule has 0 aromatic carbocycles. The first-order valence-corrected chi connectivity index (χ1v) is 2.32. The van der Waals surface area contributed by atoms with Gasteiger partial charge in [-0.1, -0.05) is 0 Å². The minimum Gasteiger partial charge on any atom is -1.00 e. The van der Waals surface area contributed by atoms with Crippen molar-refractivity contribution in [3.05, 3.63) is 0 Å². The van der Waals surface area contributed by atoms with Crippen molar-refractivity contribution in [1.29, 1.82) is 0 Å². The summed E-state index contributed by atoms with van der Waals surface area (Å²) in [7, 11) is 2.61. The summed E-state index contributed by atoms with van der Waals surface area (Å²) in [6, 6.07) is 0. The molecule has 0 rings (SSSR count). The molecule has 0 atom stereocenters. The number of rotatable bonds is 2. The third-order valence-electron chi connectivity index (χ3n) is 0.272. The van der Waals surface area contributed by atoms with E-state index in [4.69, 9.17) is 0 Å². The molecular weight excluding hydrogens is 248 g/mol. The molecule has 0 aliphatic heterocycles. The first-order valence-electron chi connectivity index (χ1n) is 1.32. The van der Waals surface area contributed by atoms with Crippen LogP contribution in [0.2, 0.25) is 0 Å². The molecule has 0 spiro atoms. The topological polar surface area (TPSA) is 35.5 Å². The van der Waals surface area contributed by atoms with Gasteiger partial charge in [-0.2, -0.15) is 4.21 Å². The molecular formula is C2H6BrCuO3S. The number of halogens is 1. The van der Waals surface area contributed by atoms with E-state index in [1.165, 1.54) is 14.2 Å². The van der Waals surface area contributed by atoms with Crippen molar-refractivity contribution in [1.82, 2.24) is 0 Å². The molecule has 0 N–H and O–H groups in total. The van der Waals surface area contributed by atoms with Crippen LogP contribution in [-0.4, -0.2) is 18.4 Å². The molecule has 0 aliphatic rings. The van der Waals surface area contributed by atoms with E-state index in [0.717, 1.165) is 0 Å². The monoisotopic (exact) mass is 252 g/mol. The van der Waals surface area contributed by atoms with E-state index >= 15 is 0 Å². The molecule has 0 unspecified atom stereocenters. The minimum atomic E-state index is -1.53. The van der Waals surface area contributed by atoms with E-state index in [1.54, 1.807) is 0 Å². The normalized spacial score (nSPS) is 7.38. The maximum atomic E-state index is 9.85. The second-order valence-corrected chi connectivity index (χ2v) is 1.61. The molecule has 3 nitrogen and oxygen atoms in total. The van der Waals surface area contributed by atoms with Gasteiger partial charge in [-0.3, -0.25) is 8.37 Å². The molecule has 0 aromatic heterocycles. The van der Waals surface area contributed by atoms with Crippen molar-refractivity contribution in [3.63, 3.8) is 0 Å². The zero-order chi connectivity index (χ0) is 4.99. The van der Waals surface area contributed by atoms with E-state index in [2.05, 4.69) is 8.37 Å². The fraction of sp³-hybridized carbons (Fsp3) is 1.00. The van der Waals surface area contributed by atoms with E-state index in [0.29, 0.717) is 0 Å². The summed E-state index contributed by atoms with van der Waals surface area (Å²) in [5.74, 6) is 0. The van der Waals surface area contributed by atoms with Gasteiger partial charge in [0.25, 0.3) is 0 Å². The molecule has 0 fully saturated rings. The maximum absolute atomic E-state index is 9.85. The molecule has 0 bridgehead atoms. The molecule has 6 heteroatoms. The summed E-state index contributed by atoms with van der Waals surface area (Å²) in [5, 5.41) is 0. The molecule has 8 heavy (non-hydrogen) atoms. The Morgan fingerprint density at radius 3 is 1.50 bits per heavy atom. The summed E-state index contributed by atoms with van der Waals surface area (Å²) >= 11 is -1.53. The first kappa shape index (κ1) is 16.0. The van der Waals surface area contributed by atoms with Crippen LogP contribution in [0.4, 0.5) is 0 Å². The van der Waals surface area contributed by atoms with Crippen LogP contribution < -0.4 is 17.0 Å². The zero-order valence-electron chi connectivity index (χ0n) is 4.31. The minimum absolute atomic E-state index is 0. The smallest absolute Gasteiger partial charge is 1.00 e. The second kappa shape index (κ2) is 10.9. The molecule has 0 saturated heterocycles. The van der Waals surface area contributed by atoms with Crippen molar-refractivity contribution in [2.75, 3.05) is 14.2 Å². The fourth-order valence-corrected chi connectivity index (χ4v) is 0.204. The molecule has 0 aromatic rings. The van der Waals surface area contributed by atoms with Crippen molar-refractivity contribution >= 4 is 11.4 Å². The average Bonchev–Trinajstić information content (AvgIpc) is 1.65. The molecule has 0 radical (unpaired) electrons. The van der Waals surface area contributed by atoms with Crippen LogP contribution in [-0.2, 0) is 36.8 Å². The molecule has 0 amide bonds. The molecule has 0 heterocycles. The van der Waals surface area contributed by atoms with Gasteiger partial charge in [0.1, 0.15) is 0 Å². The van der Waals surface area contributed by atoms with Gasteiger partial charge < -0.3 is 17.0 Å². The Morgan fingerprint density at radius 1 is 1.25 bits per heavy atom. The van der Waals surface area contributed by atoms with E-state index in [-0.39, 0.29) is 34.1 Å². The van der Waals surface area contributed by atoms with Gasteiger partial charge in [-0.15, -0.1) is 0 Å². The van der Waals surface area contributed by atoms with Crippen molar-refractivity contribution in [3.8, 4) is 0 Å². The Labute approximate surface area is 72.2 Å². The Kier molecular flexibility index (Phi) is 21.9. The second-order valence-electron chi connectivity index (χ2n) is 0.537. The predicted octanol–water partition coefficient (Wildman–Crippen LogP) is -3.14. The Balaban J connectivity index is -0.000000125. The van der Waals surface area contributed by atoms with Crippen molar-refractivity contribution < 1.29 is 46.6 Å². The summed E-state index contributed by atoms with van der Waals surface area (Å²) in [6.45, 7) is 0. The summed E-state index contributed by atoms with van der Waals surface area (Å²) in [5.41, 5.74) is 0. The predicted molar refractivity (Wildman–Crippen MR) is 22.2 cm³/mol. The van der Waals surface area contributed by atoms with Crippen LogP contribution >= 0.6 is 0 Å². The van der Waals surface area contributed by atoms with Gasteiger partial charge >= 0.3 is 28.4 Å². The van der Waals surface area contributed by atoms with Gasteiger partial charge in [0.15, 0.2) is 0 Å². The third-order valence-corrected chi connectivity index (χ3v) is 0.816. The van der Waals surface area contributed by atoms with Crippen molar-refractivity contribution in [2.45, 2.75) is 0 Å². The third kappa shape index (κ3) is 10.1. The quantitative estimate of drug-likeness (QED) is 0.488. The fourth-order valence-electron chi connectivity index (χ4n) is 0.0680. The van der Waals surface area contributed by atoms with Gasteiger partial charge in [0.05, 0.1) is 14.2 Å². The number of hydrogen-bond acceptors (Lipinski definition) is 3. The zero-order valence-corrected chi connectivity index (χ0v) is 7.66. The summed E-state index contributed by atoms with van der Waals surface area (Å²) < 4.78 is 18.1. The Bertz CT molecular complexity index is 55.2. The van der Waals surface area contributed by atoms with E-state index in [1.807, 2.05) is 0 Å². The van der Waals surface area contributed by atoms with Gasteiger partial charge in [0, 0.05) is 0 Å². The standard InChI is InChI=1S/C2H6O3S.BrH.Cu/c1-4-6(3)5-2;;/h1-2H3;1H;/q;;+1/p-1. The van der Waals surface area contributed by atoms with E-state index in [9.17, 15) is 4.21 Å². The van der Waals surface area contributed by atoms with Crippen LogP contribution in [0.5, 0.6) is 0 Å². The van der Waals surface area contributed by atoms with Crippen LogP contribution in [0, 0.1) is 0 Å². The average molecular weight is 254 g/mol. The van der Waals surface area contributed by atoms with Gasteiger partial charge in [-0.05, 0) is 0 Å². The SMILES string of the molecule is COS(=O)OC.[Br-].[Cu+]. The van der Waals surface area contributed by atoms with Crippen molar-refractivity contribution in [2.24, 2.45) is 0 Å². The molecule has 56 valence electrons. The van der Waals surface area contributed by atoms with Crippen LogP contribution in [0.1, 0.15) is 0 Å². The van der Waals surface area contributed by atoms with E-state index < -0.39 is 11.4 Å². The Morgan fingerprint density at radius 2 is 1.50 bits per heavy atom. The largest absolute Gasteiger partial charge is 1.00 e.